The minimum Gasteiger partial charge on any atom is -0.406 e. The van der Waals surface area contributed by atoms with E-state index in [0.717, 1.165) is 36.4 Å². The van der Waals surface area contributed by atoms with Crippen molar-refractivity contribution >= 4 is 11.9 Å². The van der Waals surface area contributed by atoms with Gasteiger partial charge >= 0.3 is 18.6 Å². The van der Waals surface area contributed by atoms with E-state index in [2.05, 4.69) is 20.3 Å². The van der Waals surface area contributed by atoms with E-state index < -0.39 is 35.8 Å². The molecule has 0 aliphatic rings. The van der Waals surface area contributed by atoms with E-state index in [-0.39, 0.29) is 17.0 Å². The maximum absolute atomic E-state index is 12.8. The lowest BCUT2D eigenvalue weighted by molar-refractivity contribution is -0.274. The molecule has 0 saturated carbocycles. The number of anilines is 1. The smallest absolute Gasteiger partial charge is 0.406 e. The van der Waals surface area contributed by atoms with Crippen LogP contribution < -0.4 is 10.1 Å². The quantitative estimate of drug-likeness (QED) is 0.611. The topological polar surface area (TPSA) is 77.3 Å². The molecule has 12 heteroatoms. The standard InChI is InChI=1S/C17H9F6N3O3/c18-16(19,20)11-5-1-4-10(7-11)14-25-26-15(28-14)24-13(27)9-3-2-6-12(8-9)29-17(21,22)23/h1-8H,(H,24,26,27). The van der Waals surface area contributed by atoms with Crippen LogP contribution in [0.15, 0.2) is 52.9 Å². The molecule has 6 nitrogen and oxygen atoms in total. The molecule has 0 atom stereocenters. The number of carbonyl (C=O) groups is 1. The Balaban J connectivity index is 1.75. The first kappa shape index (κ1) is 20.2. The number of rotatable bonds is 4. The molecule has 0 aliphatic heterocycles. The maximum Gasteiger partial charge on any atom is 0.573 e. The third kappa shape index (κ3) is 5.24. The molecule has 3 rings (SSSR count). The number of benzene rings is 2. The van der Waals surface area contributed by atoms with Gasteiger partial charge in [0.15, 0.2) is 0 Å². The fourth-order valence-electron chi connectivity index (χ4n) is 2.22. The summed E-state index contributed by atoms with van der Waals surface area (Å²) < 4.78 is 83.9. The monoisotopic (exact) mass is 417 g/mol. The average Bonchev–Trinajstić information content (AvgIpc) is 3.08. The second-order valence-electron chi connectivity index (χ2n) is 5.52. The molecule has 1 N–H and O–H groups in total. The first-order valence-corrected chi connectivity index (χ1v) is 7.69. The fourth-order valence-corrected chi connectivity index (χ4v) is 2.22. The van der Waals surface area contributed by atoms with Crippen molar-refractivity contribution in [2.75, 3.05) is 5.32 Å². The molecule has 0 radical (unpaired) electrons. The second kappa shape index (κ2) is 7.45. The average molecular weight is 417 g/mol. The molecular formula is C17H9F6N3O3. The Hall–Kier alpha value is -3.57. The van der Waals surface area contributed by atoms with Crippen LogP contribution in [0.2, 0.25) is 0 Å². The highest BCUT2D eigenvalue weighted by molar-refractivity contribution is 6.03. The SMILES string of the molecule is O=C(Nc1nnc(-c2cccc(C(F)(F)F)c2)o1)c1cccc(OC(F)(F)F)c1. The number of amides is 1. The first-order valence-electron chi connectivity index (χ1n) is 7.69. The van der Waals surface area contributed by atoms with E-state index >= 15 is 0 Å². The van der Waals surface area contributed by atoms with Crippen molar-refractivity contribution in [3.63, 3.8) is 0 Å². The Bertz CT molecular complexity index is 1030. The Morgan fingerprint density at radius 3 is 2.38 bits per heavy atom. The van der Waals surface area contributed by atoms with Gasteiger partial charge in [-0.2, -0.15) is 13.2 Å². The molecule has 29 heavy (non-hydrogen) atoms. The van der Waals surface area contributed by atoms with Gasteiger partial charge in [-0.3, -0.25) is 10.1 Å². The molecule has 0 fully saturated rings. The van der Waals surface area contributed by atoms with Crippen molar-refractivity contribution in [2.24, 2.45) is 0 Å². The van der Waals surface area contributed by atoms with Crippen LogP contribution in [0.4, 0.5) is 32.4 Å². The van der Waals surface area contributed by atoms with Crippen LogP contribution in [0, 0.1) is 0 Å². The largest absolute Gasteiger partial charge is 0.573 e. The van der Waals surface area contributed by atoms with E-state index in [9.17, 15) is 31.1 Å². The number of alkyl halides is 6. The van der Waals surface area contributed by atoms with E-state index in [1.165, 1.54) is 12.1 Å². The van der Waals surface area contributed by atoms with Gasteiger partial charge in [-0.1, -0.05) is 17.2 Å². The van der Waals surface area contributed by atoms with Crippen LogP contribution in [0.1, 0.15) is 15.9 Å². The Morgan fingerprint density at radius 2 is 1.69 bits per heavy atom. The second-order valence-corrected chi connectivity index (χ2v) is 5.52. The summed E-state index contributed by atoms with van der Waals surface area (Å²) in [5, 5.41) is 9.19. The summed E-state index contributed by atoms with van der Waals surface area (Å²) in [5.74, 6) is -1.79. The number of carbonyl (C=O) groups excluding carboxylic acids is 1. The van der Waals surface area contributed by atoms with E-state index in [1.54, 1.807) is 0 Å². The highest BCUT2D eigenvalue weighted by atomic mass is 19.4. The summed E-state index contributed by atoms with van der Waals surface area (Å²) in [5.41, 5.74) is -1.17. The van der Waals surface area contributed by atoms with Crippen molar-refractivity contribution in [2.45, 2.75) is 12.5 Å². The minimum atomic E-state index is -4.93. The summed E-state index contributed by atoms with van der Waals surface area (Å²) in [4.78, 5) is 12.1. The van der Waals surface area contributed by atoms with Crippen LogP contribution >= 0.6 is 0 Å². The van der Waals surface area contributed by atoms with Gasteiger partial charge in [-0.25, -0.2) is 0 Å². The highest BCUT2D eigenvalue weighted by Crippen LogP contribution is 2.32. The molecular weight excluding hydrogens is 408 g/mol. The lowest BCUT2D eigenvalue weighted by atomic mass is 10.1. The molecule has 1 heterocycles. The summed E-state index contributed by atoms with van der Waals surface area (Å²) >= 11 is 0. The molecule has 1 aromatic heterocycles. The number of hydrogen-bond acceptors (Lipinski definition) is 5. The number of nitrogens with one attached hydrogen (secondary N) is 1. The number of nitrogens with zero attached hydrogens (tertiary/aromatic N) is 2. The summed E-state index contributed by atoms with van der Waals surface area (Å²) in [6.07, 6.45) is -9.50. The van der Waals surface area contributed by atoms with Gasteiger partial charge in [-0.15, -0.1) is 18.3 Å². The van der Waals surface area contributed by atoms with E-state index in [1.807, 2.05) is 0 Å². The van der Waals surface area contributed by atoms with Gasteiger partial charge in [-0.05, 0) is 36.4 Å². The molecule has 0 unspecified atom stereocenters. The molecule has 0 bridgehead atoms. The van der Waals surface area contributed by atoms with Crippen LogP contribution in [0.3, 0.4) is 0 Å². The van der Waals surface area contributed by atoms with Crippen molar-refractivity contribution in [1.29, 1.82) is 0 Å². The molecule has 0 spiro atoms. The van der Waals surface area contributed by atoms with Crippen LogP contribution in [0.25, 0.3) is 11.5 Å². The van der Waals surface area contributed by atoms with E-state index in [0.29, 0.717) is 0 Å². The Kier molecular flexibility index (Phi) is 5.18. The fraction of sp³-hybridized carbons (Fsp3) is 0.118. The first-order chi connectivity index (χ1) is 13.5. The zero-order chi connectivity index (χ0) is 21.2. The van der Waals surface area contributed by atoms with Gasteiger partial charge in [0.25, 0.3) is 5.91 Å². The number of hydrogen-bond donors (Lipinski definition) is 1. The summed E-state index contributed by atoms with van der Waals surface area (Å²) in [6, 6.07) is 7.86. The molecule has 1 amide bonds. The maximum atomic E-state index is 12.8. The molecule has 152 valence electrons. The number of ether oxygens (including phenoxy) is 1. The summed E-state index contributed by atoms with van der Waals surface area (Å²) in [7, 11) is 0. The number of halogens is 6. The van der Waals surface area contributed by atoms with Crippen LogP contribution in [-0.4, -0.2) is 22.5 Å². The van der Waals surface area contributed by atoms with Gasteiger partial charge in [0.2, 0.25) is 5.89 Å². The van der Waals surface area contributed by atoms with Crippen LogP contribution in [-0.2, 0) is 6.18 Å². The molecule has 2 aromatic carbocycles. The highest BCUT2D eigenvalue weighted by Gasteiger charge is 2.32. The Labute approximate surface area is 158 Å². The van der Waals surface area contributed by atoms with Crippen molar-refractivity contribution in [1.82, 2.24) is 10.2 Å². The molecule has 0 saturated heterocycles. The zero-order valence-electron chi connectivity index (χ0n) is 14.0. The van der Waals surface area contributed by atoms with Crippen molar-refractivity contribution in [3.05, 3.63) is 59.7 Å². The predicted molar refractivity (Wildman–Crippen MR) is 85.8 cm³/mol. The third-order valence-corrected chi connectivity index (χ3v) is 3.41. The molecule has 3 aromatic rings. The predicted octanol–water partition coefficient (Wildman–Crippen LogP) is 4.91. The van der Waals surface area contributed by atoms with Gasteiger partial charge in [0.1, 0.15) is 5.75 Å². The van der Waals surface area contributed by atoms with Gasteiger partial charge < -0.3 is 9.15 Å². The molecule has 0 aliphatic carbocycles. The van der Waals surface area contributed by atoms with Gasteiger partial charge in [0, 0.05) is 11.1 Å². The van der Waals surface area contributed by atoms with Crippen molar-refractivity contribution in [3.8, 4) is 17.2 Å². The lowest BCUT2D eigenvalue weighted by Crippen LogP contribution is -2.18. The van der Waals surface area contributed by atoms with Gasteiger partial charge in [0.05, 0.1) is 5.56 Å². The third-order valence-electron chi connectivity index (χ3n) is 3.41. The zero-order valence-corrected chi connectivity index (χ0v) is 14.0. The lowest BCUT2D eigenvalue weighted by Gasteiger charge is -2.09. The minimum absolute atomic E-state index is 0.0339. The Morgan fingerprint density at radius 1 is 0.966 bits per heavy atom. The van der Waals surface area contributed by atoms with Crippen LogP contribution in [0.5, 0.6) is 5.75 Å². The number of aromatic nitrogens is 2. The van der Waals surface area contributed by atoms with E-state index in [4.69, 9.17) is 4.42 Å². The normalized spacial score (nSPS) is 11.9. The van der Waals surface area contributed by atoms with Crippen molar-refractivity contribution < 1.29 is 40.3 Å². The summed E-state index contributed by atoms with van der Waals surface area (Å²) in [6.45, 7) is 0.